The van der Waals surface area contributed by atoms with Gasteiger partial charge >= 0.3 is 0 Å². The lowest BCUT2D eigenvalue weighted by Crippen LogP contribution is -1.98. The molecular formula is C13H16ClN3OS2. The van der Waals surface area contributed by atoms with Gasteiger partial charge in [0.05, 0.1) is 6.61 Å². The van der Waals surface area contributed by atoms with E-state index in [1.165, 1.54) is 0 Å². The van der Waals surface area contributed by atoms with Crippen molar-refractivity contribution in [2.24, 2.45) is 0 Å². The Hall–Kier alpha value is -0.980. The Balaban J connectivity index is 1.62. The van der Waals surface area contributed by atoms with Crippen LogP contribution in [0.3, 0.4) is 0 Å². The third-order valence-electron chi connectivity index (χ3n) is 2.33. The second-order valence-electron chi connectivity index (χ2n) is 3.91. The number of nitrogens with one attached hydrogen (secondary N) is 1. The number of rotatable bonds is 8. The summed E-state index contributed by atoms with van der Waals surface area (Å²) >= 11 is 9.11. The minimum Gasteiger partial charge on any atom is -0.494 e. The SMILES string of the molecule is CCNc1nnc(SCCCOc2ccc(Cl)cc2)s1. The smallest absolute Gasteiger partial charge is 0.206 e. The van der Waals surface area contributed by atoms with Crippen LogP contribution in [0.4, 0.5) is 5.13 Å². The normalized spacial score (nSPS) is 10.5. The van der Waals surface area contributed by atoms with Crippen LogP contribution in [0, 0.1) is 0 Å². The largest absolute Gasteiger partial charge is 0.494 e. The first kappa shape index (κ1) is 15.4. The van der Waals surface area contributed by atoms with Gasteiger partial charge in [0.15, 0.2) is 4.34 Å². The Kier molecular flexibility index (Phi) is 6.42. The fourth-order valence-electron chi connectivity index (χ4n) is 1.43. The summed E-state index contributed by atoms with van der Waals surface area (Å²) < 4.78 is 6.62. The molecule has 2 rings (SSSR count). The number of benzene rings is 1. The minimum atomic E-state index is 0.688. The lowest BCUT2D eigenvalue weighted by atomic mass is 10.3. The van der Waals surface area contributed by atoms with E-state index >= 15 is 0 Å². The molecule has 0 bridgehead atoms. The zero-order valence-electron chi connectivity index (χ0n) is 11.1. The Morgan fingerprint density at radius 1 is 1.30 bits per heavy atom. The van der Waals surface area contributed by atoms with Crippen molar-refractivity contribution in [3.63, 3.8) is 0 Å². The fraction of sp³-hybridized carbons (Fsp3) is 0.385. The summed E-state index contributed by atoms with van der Waals surface area (Å²) in [7, 11) is 0. The molecule has 4 nitrogen and oxygen atoms in total. The van der Waals surface area contributed by atoms with Gasteiger partial charge in [-0.15, -0.1) is 10.2 Å². The van der Waals surface area contributed by atoms with Gasteiger partial charge in [-0.2, -0.15) is 0 Å². The Labute approximate surface area is 131 Å². The molecule has 1 N–H and O–H groups in total. The second-order valence-corrected chi connectivity index (χ2v) is 6.66. The molecule has 7 heteroatoms. The summed E-state index contributed by atoms with van der Waals surface area (Å²) in [5.41, 5.74) is 0. The van der Waals surface area contributed by atoms with Crippen molar-refractivity contribution >= 4 is 39.8 Å². The highest BCUT2D eigenvalue weighted by atomic mass is 35.5. The zero-order valence-corrected chi connectivity index (χ0v) is 13.5. The molecule has 108 valence electrons. The number of nitrogens with zero attached hydrogens (tertiary/aromatic N) is 2. The number of ether oxygens (including phenoxy) is 1. The lowest BCUT2D eigenvalue weighted by Gasteiger charge is -2.05. The molecule has 1 aromatic heterocycles. The molecule has 0 spiro atoms. The third kappa shape index (κ3) is 5.19. The van der Waals surface area contributed by atoms with E-state index in [0.29, 0.717) is 6.61 Å². The van der Waals surface area contributed by atoms with Crippen molar-refractivity contribution in [2.75, 3.05) is 24.2 Å². The third-order valence-corrected chi connectivity index (χ3v) is 4.68. The summed E-state index contributed by atoms with van der Waals surface area (Å²) in [6, 6.07) is 7.41. The maximum Gasteiger partial charge on any atom is 0.206 e. The number of thioether (sulfide) groups is 1. The molecule has 1 heterocycles. The highest BCUT2D eigenvalue weighted by Crippen LogP contribution is 2.25. The topological polar surface area (TPSA) is 47.0 Å². The Bertz CT molecular complexity index is 519. The van der Waals surface area contributed by atoms with E-state index < -0.39 is 0 Å². The van der Waals surface area contributed by atoms with Gasteiger partial charge in [0, 0.05) is 17.3 Å². The fourth-order valence-corrected chi connectivity index (χ4v) is 3.36. The van der Waals surface area contributed by atoms with Crippen molar-refractivity contribution in [3.8, 4) is 5.75 Å². The minimum absolute atomic E-state index is 0.688. The van der Waals surface area contributed by atoms with Crippen LogP contribution in [-0.2, 0) is 0 Å². The maximum absolute atomic E-state index is 5.81. The van der Waals surface area contributed by atoms with Crippen LogP contribution in [0.2, 0.25) is 5.02 Å². The molecule has 0 saturated carbocycles. The van der Waals surface area contributed by atoms with Gasteiger partial charge in [0.2, 0.25) is 5.13 Å². The monoisotopic (exact) mass is 329 g/mol. The molecule has 0 radical (unpaired) electrons. The van der Waals surface area contributed by atoms with E-state index in [1.54, 1.807) is 23.1 Å². The predicted molar refractivity (Wildman–Crippen MR) is 86.4 cm³/mol. The first-order chi connectivity index (χ1) is 9.78. The molecule has 0 fully saturated rings. The van der Waals surface area contributed by atoms with Gasteiger partial charge in [-0.3, -0.25) is 0 Å². The molecule has 0 saturated heterocycles. The average Bonchev–Trinajstić information content (AvgIpc) is 2.89. The molecule has 0 atom stereocenters. The van der Waals surface area contributed by atoms with Crippen LogP contribution in [-0.4, -0.2) is 29.1 Å². The highest BCUT2D eigenvalue weighted by molar-refractivity contribution is 8.01. The van der Waals surface area contributed by atoms with E-state index in [9.17, 15) is 0 Å². The summed E-state index contributed by atoms with van der Waals surface area (Å²) in [6.45, 7) is 3.60. The quantitative estimate of drug-likeness (QED) is 0.581. The number of aromatic nitrogens is 2. The van der Waals surface area contributed by atoms with Gasteiger partial charge in [-0.25, -0.2) is 0 Å². The highest BCUT2D eigenvalue weighted by Gasteiger charge is 2.03. The molecule has 0 aliphatic carbocycles. The van der Waals surface area contributed by atoms with Crippen LogP contribution in [0.15, 0.2) is 28.6 Å². The lowest BCUT2D eigenvalue weighted by molar-refractivity contribution is 0.319. The average molecular weight is 330 g/mol. The Morgan fingerprint density at radius 2 is 2.10 bits per heavy atom. The zero-order chi connectivity index (χ0) is 14.2. The van der Waals surface area contributed by atoms with Gasteiger partial charge in [0.1, 0.15) is 5.75 Å². The number of halogens is 1. The van der Waals surface area contributed by atoms with Crippen LogP contribution in [0.1, 0.15) is 13.3 Å². The summed E-state index contributed by atoms with van der Waals surface area (Å²) in [5.74, 6) is 1.82. The van der Waals surface area contributed by atoms with Crippen molar-refractivity contribution in [3.05, 3.63) is 29.3 Å². The van der Waals surface area contributed by atoms with Gasteiger partial charge in [0.25, 0.3) is 0 Å². The van der Waals surface area contributed by atoms with Crippen LogP contribution in [0.25, 0.3) is 0 Å². The van der Waals surface area contributed by atoms with Crippen molar-refractivity contribution in [2.45, 2.75) is 17.7 Å². The molecule has 0 amide bonds. The van der Waals surface area contributed by atoms with Crippen LogP contribution < -0.4 is 10.1 Å². The first-order valence-corrected chi connectivity index (χ1v) is 8.54. The molecule has 0 aliphatic heterocycles. The van der Waals surface area contributed by atoms with Crippen LogP contribution >= 0.6 is 34.7 Å². The molecule has 20 heavy (non-hydrogen) atoms. The number of anilines is 1. The number of hydrogen-bond acceptors (Lipinski definition) is 6. The van der Waals surface area contributed by atoms with E-state index in [4.69, 9.17) is 16.3 Å². The van der Waals surface area contributed by atoms with Gasteiger partial charge < -0.3 is 10.1 Å². The predicted octanol–water partition coefficient (Wildman–Crippen LogP) is 4.18. The molecule has 0 unspecified atom stereocenters. The van der Waals surface area contributed by atoms with Gasteiger partial charge in [-0.1, -0.05) is 34.7 Å². The second kappa shape index (κ2) is 8.34. The van der Waals surface area contributed by atoms with Crippen molar-refractivity contribution < 1.29 is 4.74 Å². The first-order valence-electron chi connectivity index (χ1n) is 6.36. The Morgan fingerprint density at radius 3 is 2.85 bits per heavy atom. The summed E-state index contributed by atoms with van der Waals surface area (Å²) in [4.78, 5) is 0. The molecular weight excluding hydrogens is 314 g/mol. The number of hydrogen-bond donors (Lipinski definition) is 1. The van der Waals surface area contributed by atoms with E-state index in [-0.39, 0.29) is 0 Å². The van der Waals surface area contributed by atoms with Gasteiger partial charge in [-0.05, 0) is 37.6 Å². The molecule has 2 aromatic rings. The van der Waals surface area contributed by atoms with E-state index in [2.05, 4.69) is 15.5 Å². The maximum atomic E-state index is 5.81. The van der Waals surface area contributed by atoms with Crippen molar-refractivity contribution in [1.82, 2.24) is 10.2 Å². The summed E-state index contributed by atoms with van der Waals surface area (Å²) in [6.07, 6.45) is 0.962. The van der Waals surface area contributed by atoms with Crippen LogP contribution in [0.5, 0.6) is 5.75 Å². The van der Waals surface area contributed by atoms with E-state index in [1.807, 2.05) is 31.2 Å². The molecule has 1 aromatic carbocycles. The van der Waals surface area contributed by atoms with E-state index in [0.717, 1.165) is 39.0 Å². The summed E-state index contributed by atoms with van der Waals surface area (Å²) in [5, 5.41) is 12.9. The standard InChI is InChI=1S/C13H16ClN3OS2/c1-2-15-12-16-17-13(20-12)19-9-3-8-18-11-6-4-10(14)5-7-11/h4-7H,2-3,8-9H2,1H3,(H,15,16). The van der Waals surface area contributed by atoms with Crippen molar-refractivity contribution in [1.29, 1.82) is 0 Å². The molecule has 0 aliphatic rings.